The minimum atomic E-state index is -0.588. The van der Waals surface area contributed by atoms with E-state index >= 15 is 0 Å². The van der Waals surface area contributed by atoms with Gasteiger partial charge >= 0.3 is 5.69 Å². The highest BCUT2D eigenvalue weighted by Gasteiger charge is 2.22. The second-order valence-electron chi connectivity index (χ2n) is 5.81. The molecule has 0 aliphatic rings. The largest absolute Gasteiger partial charge is 0.496 e. The summed E-state index contributed by atoms with van der Waals surface area (Å²) >= 11 is 6.11. The van der Waals surface area contributed by atoms with Crippen molar-refractivity contribution in [1.82, 2.24) is 24.1 Å². The molecule has 0 saturated heterocycles. The van der Waals surface area contributed by atoms with Gasteiger partial charge in [0.25, 0.3) is 0 Å². The van der Waals surface area contributed by atoms with Crippen molar-refractivity contribution in [1.29, 1.82) is 0 Å². The van der Waals surface area contributed by atoms with Crippen molar-refractivity contribution in [2.45, 2.75) is 27.3 Å². The van der Waals surface area contributed by atoms with Gasteiger partial charge in [-0.25, -0.2) is 9.36 Å². The Balaban J connectivity index is 2.29. The normalized spacial score (nSPS) is 11.1. The quantitative estimate of drug-likeness (QED) is 0.689. The number of ether oxygens (including phenoxy) is 1. The van der Waals surface area contributed by atoms with Crippen molar-refractivity contribution in [3.63, 3.8) is 0 Å². The van der Waals surface area contributed by atoms with Crippen molar-refractivity contribution >= 4 is 34.6 Å². The number of carbonyl (C=O) groups excluding carboxylic acids is 1. The molecule has 0 aliphatic carbocycles. The summed E-state index contributed by atoms with van der Waals surface area (Å²) in [4.78, 5) is 37.1. The van der Waals surface area contributed by atoms with Gasteiger partial charge in [-0.05, 0) is 13.8 Å². The molecule has 0 aromatic carbocycles. The number of halogens is 1. The number of anilines is 1. The Hall–Kier alpha value is -2.94. The monoisotopic (exact) mass is 376 g/mol. The van der Waals surface area contributed by atoms with Crippen LogP contribution in [0.2, 0.25) is 5.15 Å². The Morgan fingerprint density at radius 1 is 1.35 bits per heavy atom. The Kier molecular flexibility index (Phi) is 4.41. The Morgan fingerprint density at radius 3 is 2.65 bits per heavy atom. The van der Waals surface area contributed by atoms with Gasteiger partial charge < -0.3 is 10.5 Å². The number of aryl methyl sites for hydroxylation is 1. The van der Waals surface area contributed by atoms with Crippen LogP contribution in [0, 0.1) is 13.8 Å². The van der Waals surface area contributed by atoms with E-state index in [0.29, 0.717) is 11.4 Å². The number of hydrogen-bond acceptors (Lipinski definition) is 7. The van der Waals surface area contributed by atoms with E-state index in [-0.39, 0.29) is 28.8 Å². The van der Waals surface area contributed by atoms with Crippen LogP contribution >= 0.6 is 11.6 Å². The van der Waals surface area contributed by atoms with Gasteiger partial charge in [-0.1, -0.05) is 11.6 Å². The van der Waals surface area contributed by atoms with Gasteiger partial charge in [-0.3, -0.25) is 14.3 Å². The average molecular weight is 377 g/mol. The number of rotatable bonds is 3. The van der Waals surface area contributed by atoms with E-state index in [0.717, 1.165) is 15.7 Å². The molecule has 3 aromatic rings. The molecule has 2 N–H and O–H groups in total. The van der Waals surface area contributed by atoms with Gasteiger partial charge in [-0.15, -0.1) is 0 Å². The molecule has 3 rings (SSSR count). The van der Waals surface area contributed by atoms with Crippen LogP contribution in [0.3, 0.4) is 0 Å². The highest BCUT2D eigenvalue weighted by atomic mass is 35.5. The van der Waals surface area contributed by atoms with Crippen molar-refractivity contribution in [3.8, 4) is 5.75 Å². The lowest BCUT2D eigenvalue weighted by atomic mass is 10.1. The highest BCUT2D eigenvalue weighted by molar-refractivity contribution is 6.34. The zero-order valence-electron chi connectivity index (χ0n) is 14.7. The number of fused-ring (bicyclic) bond motifs is 1. The van der Waals surface area contributed by atoms with Crippen molar-refractivity contribution < 1.29 is 9.53 Å². The van der Waals surface area contributed by atoms with E-state index in [1.807, 2.05) is 13.8 Å². The molecule has 136 valence electrons. The first-order valence-corrected chi connectivity index (χ1v) is 8.08. The van der Waals surface area contributed by atoms with Gasteiger partial charge in [0.2, 0.25) is 11.9 Å². The summed E-state index contributed by atoms with van der Waals surface area (Å²) in [5.74, 6) is 0.0915. The summed E-state index contributed by atoms with van der Waals surface area (Å²) < 4.78 is 7.62. The van der Waals surface area contributed by atoms with Crippen LogP contribution in [-0.4, -0.2) is 37.1 Å². The Bertz CT molecular complexity index is 1100. The number of methoxy groups -OCH3 is 1. The van der Waals surface area contributed by atoms with Crippen molar-refractivity contribution in [2.24, 2.45) is 0 Å². The maximum absolute atomic E-state index is 12.8. The standard InChI is InChI=1S/C16H17ClN6O3/c1-7-5-19-10(8(2)12(7)26-4)6-22-14-11(13(17)20-15(18)21-14)23(9(3)24)16(22)25/h5H,6H2,1-4H3,(H2,18,20,21). The van der Waals surface area contributed by atoms with Crippen LogP contribution in [0.4, 0.5) is 5.95 Å². The van der Waals surface area contributed by atoms with E-state index in [9.17, 15) is 9.59 Å². The number of aromatic nitrogens is 5. The third-order valence-electron chi connectivity index (χ3n) is 4.11. The van der Waals surface area contributed by atoms with Gasteiger partial charge in [-0.2, -0.15) is 9.97 Å². The minimum absolute atomic E-state index is 0.0651. The van der Waals surface area contributed by atoms with Gasteiger partial charge in [0.15, 0.2) is 10.8 Å². The number of imidazole rings is 1. The summed E-state index contributed by atoms with van der Waals surface area (Å²) in [5.41, 5.74) is 7.64. The van der Waals surface area contributed by atoms with Crippen LogP contribution in [-0.2, 0) is 6.54 Å². The van der Waals surface area contributed by atoms with Crippen molar-refractivity contribution in [2.75, 3.05) is 12.8 Å². The lowest BCUT2D eigenvalue weighted by molar-refractivity contribution is 0.0936. The number of pyridine rings is 1. The predicted molar refractivity (Wildman–Crippen MR) is 96.9 cm³/mol. The molecule has 3 aromatic heterocycles. The molecule has 0 radical (unpaired) electrons. The first-order chi connectivity index (χ1) is 12.3. The first-order valence-electron chi connectivity index (χ1n) is 7.70. The van der Waals surface area contributed by atoms with Crippen molar-refractivity contribution in [3.05, 3.63) is 38.7 Å². The molecule has 0 saturated carbocycles. The third-order valence-corrected chi connectivity index (χ3v) is 4.38. The molecule has 9 nitrogen and oxygen atoms in total. The SMILES string of the molecule is COc1c(C)cnc(Cn2c(=O)n(C(C)=O)c3c(Cl)nc(N)nc32)c1C. The molecular weight excluding hydrogens is 360 g/mol. The molecule has 0 unspecified atom stereocenters. The minimum Gasteiger partial charge on any atom is -0.496 e. The van der Waals surface area contributed by atoms with Gasteiger partial charge in [0.05, 0.1) is 19.3 Å². The zero-order chi connectivity index (χ0) is 19.2. The number of hydrogen-bond donors (Lipinski definition) is 1. The Morgan fingerprint density at radius 2 is 2.04 bits per heavy atom. The van der Waals surface area contributed by atoms with E-state index in [1.165, 1.54) is 11.5 Å². The summed E-state index contributed by atoms with van der Waals surface area (Å²) in [5, 5.41) is -0.0651. The fourth-order valence-corrected chi connectivity index (χ4v) is 3.19. The molecule has 10 heteroatoms. The lowest BCUT2D eigenvalue weighted by Crippen LogP contribution is -2.28. The molecule has 26 heavy (non-hydrogen) atoms. The van der Waals surface area contributed by atoms with Crippen LogP contribution in [0.1, 0.15) is 28.5 Å². The number of nitrogens with zero attached hydrogens (tertiary/aromatic N) is 5. The zero-order valence-corrected chi connectivity index (χ0v) is 15.5. The second-order valence-corrected chi connectivity index (χ2v) is 6.17. The summed E-state index contributed by atoms with van der Waals surface area (Å²) in [6.45, 7) is 5.06. The lowest BCUT2D eigenvalue weighted by Gasteiger charge is -2.12. The molecule has 0 atom stereocenters. The van der Waals surface area contributed by atoms with Crippen LogP contribution < -0.4 is 16.2 Å². The molecule has 0 fully saturated rings. The maximum atomic E-state index is 12.8. The van der Waals surface area contributed by atoms with Crippen LogP contribution in [0.5, 0.6) is 5.75 Å². The molecule has 0 bridgehead atoms. The van der Waals surface area contributed by atoms with Crippen LogP contribution in [0.25, 0.3) is 11.2 Å². The number of nitrogen functional groups attached to an aromatic ring is 1. The average Bonchev–Trinajstić information content (AvgIpc) is 2.83. The van der Waals surface area contributed by atoms with Crippen LogP contribution in [0.15, 0.2) is 11.0 Å². The van der Waals surface area contributed by atoms with E-state index in [1.54, 1.807) is 13.3 Å². The van der Waals surface area contributed by atoms with E-state index in [4.69, 9.17) is 22.1 Å². The van der Waals surface area contributed by atoms with Gasteiger partial charge in [0.1, 0.15) is 11.3 Å². The fraction of sp³-hybridized carbons (Fsp3) is 0.312. The Labute approximate surface area is 153 Å². The fourth-order valence-electron chi connectivity index (χ4n) is 2.93. The second kappa shape index (κ2) is 6.41. The first kappa shape index (κ1) is 17.9. The highest BCUT2D eigenvalue weighted by Crippen LogP contribution is 2.26. The number of nitrogens with two attached hydrogens (primary N) is 1. The summed E-state index contributed by atoms with van der Waals surface area (Å²) in [6, 6.07) is 0. The topological polar surface area (TPSA) is 118 Å². The predicted octanol–water partition coefficient (Wildman–Crippen LogP) is 1.56. The summed E-state index contributed by atoms with van der Waals surface area (Å²) in [7, 11) is 1.57. The van der Waals surface area contributed by atoms with Gasteiger partial charge in [0, 0.05) is 24.2 Å². The molecular formula is C16H17ClN6O3. The molecule has 0 spiro atoms. The summed E-state index contributed by atoms with van der Waals surface area (Å²) in [6.07, 6.45) is 1.66. The third kappa shape index (κ3) is 2.70. The smallest absolute Gasteiger partial charge is 0.337 e. The molecule has 0 aliphatic heterocycles. The van der Waals surface area contributed by atoms with E-state index in [2.05, 4.69) is 15.0 Å². The number of carbonyl (C=O) groups is 1. The maximum Gasteiger partial charge on any atom is 0.337 e. The molecule has 0 amide bonds. The van der Waals surface area contributed by atoms with E-state index < -0.39 is 11.6 Å². The molecule has 3 heterocycles.